The third-order valence-corrected chi connectivity index (χ3v) is 4.29. The van der Waals surface area contributed by atoms with Crippen molar-refractivity contribution in [2.24, 2.45) is 0 Å². The van der Waals surface area contributed by atoms with Gasteiger partial charge in [0, 0.05) is 24.6 Å². The quantitative estimate of drug-likeness (QED) is 0.581. The van der Waals surface area contributed by atoms with Crippen LogP contribution in [0.2, 0.25) is 0 Å². The van der Waals surface area contributed by atoms with Gasteiger partial charge in [0.15, 0.2) is 6.29 Å². The molecule has 2 aromatic rings. The first-order valence-electron chi connectivity index (χ1n) is 3.85. The maximum atomic E-state index is 10.8. The number of hydrogen-bond acceptors (Lipinski definition) is 2. The maximum Gasteiger partial charge on any atom is 0.151 e. The molecule has 1 heterocycles. The van der Waals surface area contributed by atoms with Gasteiger partial charge in [-0.25, -0.2) is 0 Å². The SMILES string of the molecule is Cc1cc(C=O)c2scc(I)c2c1. The highest BCUT2D eigenvalue weighted by atomic mass is 127. The van der Waals surface area contributed by atoms with Gasteiger partial charge in [-0.1, -0.05) is 0 Å². The molecule has 0 aliphatic carbocycles. The molecule has 0 saturated carbocycles. The first-order valence-corrected chi connectivity index (χ1v) is 5.80. The van der Waals surface area contributed by atoms with Gasteiger partial charge in [0.1, 0.15) is 0 Å². The number of halogens is 1. The third kappa shape index (κ3) is 1.50. The molecule has 0 aliphatic rings. The van der Waals surface area contributed by atoms with Gasteiger partial charge in [0.25, 0.3) is 0 Å². The van der Waals surface area contributed by atoms with Crippen LogP contribution < -0.4 is 0 Å². The number of carbonyl (C=O) groups excluding carboxylic acids is 1. The van der Waals surface area contributed by atoms with E-state index in [0.717, 1.165) is 22.1 Å². The van der Waals surface area contributed by atoms with E-state index in [0.29, 0.717) is 0 Å². The minimum Gasteiger partial charge on any atom is -0.298 e. The lowest BCUT2D eigenvalue weighted by atomic mass is 10.1. The Labute approximate surface area is 93.9 Å². The van der Waals surface area contributed by atoms with E-state index in [9.17, 15) is 4.79 Å². The van der Waals surface area contributed by atoms with Crippen LogP contribution in [0.25, 0.3) is 10.1 Å². The smallest absolute Gasteiger partial charge is 0.151 e. The first kappa shape index (κ1) is 9.15. The molecule has 0 bridgehead atoms. The Morgan fingerprint density at radius 1 is 1.46 bits per heavy atom. The van der Waals surface area contributed by atoms with Gasteiger partial charge in [0.05, 0.1) is 0 Å². The van der Waals surface area contributed by atoms with Crippen LogP contribution in [0.1, 0.15) is 15.9 Å². The van der Waals surface area contributed by atoms with E-state index in [-0.39, 0.29) is 0 Å². The van der Waals surface area contributed by atoms with Crippen molar-refractivity contribution in [2.75, 3.05) is 0 Å². The minimum absolute atomic E-state index is 0.808. The second-order valence-corrected chi connectivity index (χ2v) is 4.97. The standard InChI is InChI=1S/C10H7IOS/c1-6-2-7(4-12)10-8(3-6)9(11)5-13-10/h2-5H,1H3. The molecule has 1 aromatic heterocycles. The lowest BCUT2D eigenvalue weighted by Crippen LogP contribution is -1.82. The maximum absolute atomic E-state index is 10.8. The summed E-state index contributed by atoms with van der Waals surface area (Å²) >= 11 is 3.93. The summed E-state index contributed by atoms with van der Waals surface area (Å²) < 4.78 is 2.33. The Balaban J connectivity index is 2.91. The summed E-state index contributed by atoms with van der Waals surface area (Å²) in [5, 5.41) is 3.28. The van der Waals surface area contributed by atoms with Gasteiger partial charge >= 0.3 is 0 Å². The number of aryl methyl sites for hydroxylation is 1. The van der Waals surface area contributed by atoms with E-state index in [1.54, 1.807) is 11.3 Å². The topological polar surface area (TPSA) is 17.1 Å². The summed E-state index contributed by atoms with van der Waals surface area (Å²) in [7, 11) is 0. The normalized spacial score (nSPS) is 10.6. The predicted molar refractivity (Wildman–Crippen MR) is 64.7 cm³/mol. The summed E-state index contributed by atoms with van der Waals surface area (Å²) in [6.07, 6.45) is 0.932. The molecule has 0 fully saturated rings. The fourth-order valence-electron chi connectivity index (χ4n) is 1.37. The van der Waals surface area contributed by atoms with Crippen molar-refractivity contribution >= 4 is 50.3 Å². The van der Waals surface area contributed by atoms with Gasteiger partial charge in [-0.3, -0.25) is 4.79 Å². The molecule has 13 heavy (non-hydrogen) atoms. The lowest BCUT2D eigenvalue weighted by molar-refractivity contribution is 0.112. The number of hydrogen-bond donors (Lipinski definition) is 0. The molecule has 0 aliphatic heterocycles. The molecule has 0 saturated heterocycles. The molecule has 0 spiro atoms. The van der Waals surface area contributed by atoms with Crippen molar-refractivity contribution < 1.29 is 4.79 Å². The highest BCUT2D eigenvalue weighted by molar-refractivity contribution is 14.1. The monoisotopic (exact) mass is 302 g/mol. The average Bonchev–Trinajstić information content (AvgIpc) is 2.47. The van der Waals surface area contributed by atoms with Gasteiger partial charge in [-0.05, 0) is 47.2 Å². The van der Waals surface area contributed by atoms with Crippen LogP contribution in [-0.4, -0.2) is 6.29 Å². The predicted octanol–water partition coefficient (Wildman–Crippen LogP) is 3.63. The van der Waals surface area contributed by atoms with Crippen molar-refractivity contribution in [1.29, 1.82) is 0 Å². The van der Waals surface area contributed by atoms with E-state index in [4.69, 9.17) is 0 Å². The highest BCUT2D eigenvalue weighted by Gasteiger charge is 2.06. The van der Waals surface area contributed by atoms with E-state index in [1.807, 2.05) is 13.0 Å². The zero-order valence-electron chi connectivity index (χ0n) is 7.00. The summed E-state index contributed by atoms with van der Waals surface area (Å²) in [4.78, 5) is 10.8. The number of rotatable bonds is 1. The molecule has 66 valence electrons. The fraction of sp³-hybridized carbons (Fsp3) is 0.100. The minimum atomic E-state index is 0.808. The zero-order valence-corrected chi connectivity index (χ0v) is 9.98. The van der Waals surface area contributed by atoms with Crippen molar-refractivity contribution in [3.05, 3.63) is 32.2 Å². The van der Waals surface area contributed by atoms with Crippen LogP contribution in [-0.2, 0) is 0 Å². The van der Waals surface area contributed by atoms with Crippen LogP contribution in [0.3, 0.4) is 0 Å². The molecule has 0 unspecified atom stereocenters. The molecule has 0 atom stereocenters. The van der Waals surface area contributed by atoms with Gasteiger partial charge < -0.3 is 0 Å². The van der Waals surface area contributed by atoms with Crippen molar-refractivity contribution in [2.45, 2.75) is 6.92 Å². The Morgan fingerprint density at radius 2 is 2.23 bits per heavy atom. The fourth-order valence-corrected chi connectivity index (χ4v) is 3.25. The Bertz CT molecular complexity index is 473. The molecule has 1 aromatic carbocycles. The van der Waals surface area contributed by atoms with Crippen LogP contribution in [0.15, 0.2) is 17.5 Å². The van der Waals surface area contributed by atoms with Gasteiger partial charge in [-0.2, -0.15) is 0 Å². The largest absolute Gasteiger partial charge is 0.298 e. The number of benzene rings is 1. The highest BCUT2D eigenvalue weighted by Crippen LogP contribution is 2.30. The second-order valence-electron chi connectivity index (χ2n) is 2.93. The molecule has 0 amide bonds. The van der Waals surface area contributed by atoms with Crippen LogP contribution in [0.4, 0.5) is 0 Å². The van der Waals surface area contributed by atoms with E-state index in [2.05, 4.69) is 34.0 Å². The van der Waals surface area contributed by atoms with Crippen LogP contribution >= 0.6 is 33.9 Å². The van der Waals surface area contributed by atoms with E-state index in [1.165, 1.54) is 8.96 Å². The lowest BCUT2D eigenvalue weighted by Gasteiger charge is -1.97. The van der Waals surface area contributed by atoms with Crippen LogP contribution in [0.5, 0.6) is 0 Å². The molecular weight excluding hydrogens is 295 g/mol. The molecule has 3 heteroatoms. The Kier molecular flexibility index (Phi) is 2.38. The van der Waals surface area contributed by atoms with E-state index >= 15 is 0 Å². The molecular formula is C10H7IOS. The van der Waals surface area contributed by atoms with Crippen molar-refractivity contribution in [3.8, 4) is 0 Å². The van der Waals surface area contributed by atoms with Gasteiger partial charge in [0.2, 0.25) is 0 Å². The van der Waals surface area contributed by atoms with Crippen LogP contribution in [0, 0.1) is 10.5 Å². The van der Waals surface area contributed by atoms with Crippen molar-refractivity contribution in [3.63, 3.8) is 0 Å². The molecule has 2 rings (SSSR count). The number of fused-ring (bicyclic) bond motifs is 1. The Hall–Kier alpha value is -0.420. The molecule has 0 radical (unpaired) electrons. The Morgan fingerprint density at radius 3 is 2.92 bits per heavy atom. The summed E-state index contributed by atoms with van der Waals surface area (Å²) in [6.45, 7) is 2.01. The molecule has 1 nitrogen and oxygen atoms in total. The number of thiophene rings is 1. The summed E-state index contributed by atoms with van der Waals surface area (Å²) in [5.41, 5.74) is 1.95. The number of aldehydes is 1. The third-order valence-electron chi connectivity index (χ3n) is 1.93. The molecule has 0 N–H and O–H groups in total. The zero-order chi connectivity index (χ0) is 9.42. The summed E-state index contributed by atoms with van der Waals surface area (Å²) in [6, 6.07) is 4.06. The van der Waals surface area contributed by atoms with E-state index < -0.39 is 0 Å². The average molecular weight is 302 g/mol. The van der Waals surface area contributed by atoms with Crippen molar-refractivity contribution in [1.82, 2.24) is 0 Å². The second kappa shape index (κ2) is 3.38. The first-order chi connectivity index (χ1) is 6.22. The van der Waals surface area contributed by atoms with Gasteiger partial charge in [-0.15, -0.1) is 11.3 Å². The summed E-state index contributed by atoms with van der Waals surface area (Å²) in [5.74, 6) is 0. The number of carbonyl (C=O) groups is 1.